The molecule has 0 spiro atoms. The summed E-state index contributed by atoms with van der Waals surface area (Å²) in [5.74, 6) is 0. The van der Waals surface area contributed by atoms with Gasteiger partial charge in [-0.1, -0.05) is 23.2 Å². The molecule has 13 heavy (non-hydrogen) atoms. The van der Waals surface area contributed by atoms with E-state index in [2.05, 4.69) is 10.2 Å². The summed E-state index contributed by atoms with van der Waals surface area (Å²) >= 11 is 11.3. The van der Waals surface area contributed by atoms with Crippen LogP contribution in [0.15, 0.2) is 6.07 Å². The molecule has 72 valence electrons. The first kappa shape index (κ1) is 10.7. The van der Waals surface area contributed by atoms with Crippen LogP contribution in [0.4, 0.5) is 0 Å². The monoisotopic (exact) mass is 221 g/mol. The van der Waals surface area contributed by atoms with Crippen molar-refractivity contribution in [3.8, 4) is 0 Å². The average molecular weight is 222 g/mol. The second-order valence-electron chi connectivity index (χ2n) is 2.51. The van der Waals surface area contributed by atoms with E-state index < -0.39 is 6.10 Å². The maximum atomic E-state index is 9.53. The van der Waals surface area contributed by atoms with Gasteiger partial charge in [0, 0.05) is 5.56 Å². The van der Waals surface area contributed by atoms with Crippen LogP contribution >= 0.6 is 23.2 Å². The zero-order valence-electron chi connectivity index (χ0n) is 6.74. The maximum absolute atomic E-state index is 9.53. The molecule has 0 aliphatic rings. The van der Waals surface area contributed by atoms with Gasteiger partial charge in [0.05, 0.1) is 6.10 Å². The lowest BCUT2D eigenvalue weighted by Crippen LogP contribution is -2.08. The third-order valence-corrected chi connectivity index (χ3v) is 2.02. The number of halogens is 2. The molecule has 1 aromatic rings. The van der Waals surface area contributed by atoms with Crippen LogP contribution in [-0.4, -0.2) is 21.8 Å². The number of aliphatic hydroxyl groups excluding tert-OH is 1. The molecule has 0 bridgehead atoms. The molecule has 1 rings (SSSR count). The molecule has 1 aromatic heterocycles. The molecule has 0 fully saturated rings. The molecule has 0 amide bonds. The Balaban J connectivity index is 2.91. The van der Waals surface area contributed by atoms with Crippen molar-refractivity contribution in [3.05, 3.63) is 21.9 Å². The molecule has 0 aliphatic carbocycles. The second kappa shape index (κ2) is 4.72. The van der Waals surface area contributed by atoms with Gasteiger partial charge < -0.3 is 10.8 Å². The SMILES string of the molecule is NCCC(O)c1cc(Cl)nnc1Cl. The van der Waals surface area contributed by atoms with Crippen molar-refractivity contribution in [2.45, 2.75) is 12.5 Å². The van der Waals surface area contributed by atoms with E-state index in [1.807, 2.05) is 0 Å². The molecule has 0 saturated carbocycles. The van der Waals surface area contributed by atoms with Crippen molar-refractivity contribution >= 4 is 23.2 Å². The van der Waals surface area contributed by atoms with E-state index in [9.17, 15) is 5.11 Å². The first-order valence-corrected chi connectivity index (χ1v) is 4.47. The third kappa shape index (κ3) is 2.77. The lowest BCUT2D eigenvalue weighted by molar-refractivity contribution is 0.170. The summed E-state index contributed by atoms with van der Waals surface area (Å²) in [6.07, 6.45) is -0.313. The van der Waals surface area contributed by atoms with E-state index in [0.717, 1.165) is 0 Å². The molecule has 4 nitrogen and oxygen atoms in total. The Hall–Kier alpha value is -0.420. The second-order valence-corrected chi connectivity index (χ2v) is 3.25. The Labute approximate surface area is 85.7 Å². The molecule has 1 atom stereocenters. The van der Waals surface area contributed by atoms with Gasteiger partial charge in [0.1, 0.15) is 0 Å². The highest BCUT2D eigenvalue weighted by atomic mass is 35.5. The first-order valence-electron chi connectivity index (χ1n) is 3.72. The Kier molecular flexibility index (Phi) is 3.87. The zero-order valence-corrected chi connectivity index (χ0v) is 8.26. The van der Waals surface area contributed by atoms with Gasteiger partial charge in [-0.25, -0.2) is 0 Å². The van der Waals surface area contributed by atoms with Crippen LogP contribution in [-0.2, 0) is 0 Å². The Morgan fingerprint density at radius 2 is 2.15 bits per heavy atom. The van der Waals surface area contributed by atoms with Crippen molar-refractivity contribution in [3.63, 3.8) is 0 Å². The smallest absolute Gasteiger partial charge is 0.157 e. The Morgan fingerprint density at radius 1 is 1.46 bits per heavy atom. The van der Waals surface area contributed by atoms with Crippen LogP contribution in [0.1, 0.15) is 18.1 Å². The molecule has 0 aromatic carbocycles. The van der Waals surface area contributed by atoms with Gasteiger partial charge in [-0.15, -0.1) is 10.2 Å². The fourth-order valence-corrected chi connectivity index (χ4v) is 1.29. The van der Waals surface area contributed by atoms with Gasteiger partial charge in [0.15, 0.2) is 10.3 Å². The fraction of sp³-hybridized carbons (Fsp3) is 0.429. The minimum absolute atomic E-state index is 0.158. The van der Waals surface area contributed by atoms with E-state index in [4.69, 9.17) is 28.9 Å². The van der Waals surface area contributed by atoms with Crippen LogP contribution in [0, 0.1) is 0 Å². The predicted molar refractivity (Wildman–Crippen MR) is 50.7 cm³/mol. The molecule has 0 saturated heterocycles. The zero-order chi connectivity index (χ0) is 9.84. The van der Waals surface area contributed by atoms with Crippen LogP contribution in [0.3, 0.4) is 0 Å². The number of rotatable bonds is 3. The lowest BCUT2D eigenvalue weighted by Gasteiger charge is -2.09. The minimum Gasteiger partial charge on any atom is -0.388 e. The summed E-state index contributed by atoms with van der Waals surface area (Å²) in [4.78, 5) is 0. The quantitative estimate of drug-likeness (QED) is 0.804. The molecule has 3 N–H and O–H groups in total. The number of nitrogens with zero attached hydrogens (tertiary/aromatic N) is 2. The van der Waals surface area contributed by atoms with Gasteiger partial charge >= 0.3 is 0 Å². The van der Waals surface area contributed by atoms with E-state index in [1.165, 1.54) is 6.07 Å². The number of hydrogen-bond donors (Lipinski definition) is 2. The van der Waals surface area contributed by atoms with Crippen molar-refractivity contribution in [2.75, 3.05) is 6.54 Å². The van der Waals surface area contributed by atoms with Crippen LogP contribution in [0.25, 0.3) is 0 Å². The van der Waals surface area contributed by atoms with Gasteiger partial charge in [-0.3, -0.25) is 0 Å². The highest BCUT2D eigenvalue weighted by Crippen LogP contribution is 2.24. The first-order chi connectivity index (χ1) is 6.15. The third-order valence-electron chi connectivity index (χ3n) is 1.55. The standard InChI is InChI=1S/C7H9Cl2N3O/c8-6-3-4(5(13)1-2-10)7(9)12-11-6/h3,5,13H,1-2,10H2. The molecule has 6 heteroatoms. The molecule has 0 radical (unpaired) electrons. The van der Waals surface area contributed by atoms with Gasteiger partial charge in [0.2, 0.25) is 0 Å². The normalized spacial score (nSPS) is 12.9. The van der Waals surface area contributed by atoms with Crippen molar-refractivity contribution < 1.29 is 5.11 Å². The van der Waals surface area contributed by atoms with E-state index in [1.54, 1.807) is 0 Å². The highest BCUT2D eigenvalue weighted by molar-refractivity contribution is 6.31. The minimum atomic E-state index is -0.731. The number of nitrogens with two attached hydrogens (primary N) is 1. The van der Waals surface area contributed by atoms with E-state index in [-0.39, 0.29) is 10.3 Å². The molecular formula is C7H9Cl2N3O. The van der Waals surface area contributed by atoms with E-state index in [0.29, 0.717) is 18.5 Å². The summed E-state index contributed by atoms with van der Waals surface area (Å²) in [5.41, 5.74) is 5.75. The average Bonchev–Trinajstić information content (AvgIpc) is 2.09. The molecular weight excluding hydrogens is 213 g/mol. The van der Waals surface area contributed by atoms with Crippen LogP contribution in [0.2, 0.25) is 10.3 Å². The van der Waals surface area contributed by atoms with Crippen molar-refractivity contribution in [1.82, 2.24) is 10.2 Å². The fourth-order valence-electron chi connectivity index (χ4n) is 0.913. The van der Waals surface area contributed by atoms with Gasteiger partial charge in [0.25, 0.3) is 0 Å². The largest absolute Gasteiger partial charge is 0.388 e. The lowest BCUT2D eigenvalue weighted by atomic mass is 10.1. The van der Waals surface area contributed by atoms with Crippen molar-refractivity contribution in [2.24, 2.45) is 5.73 Å². The van der Waals surface area contributed by atoms with E-state index >= 15 is 0 Å². The Morgan fingerprint density at radius 3 is 2.77 bits per heavy atom. The maximum Gasteiger partial charge on any atom is 0.157 e. The summed E-state index contributed by atoms with van der Waals surface area (Å²) in [6, 6.07) is 1.48. The molecule has 1 unspecified atom stereocenters. The predicted octanol–water partition coefficient (Wildman–Crippen LogP) is 1.17. The topological polar surface area (TPSA) is 72.0 Å². The Bertz CT molecular complexity index is 295. The molecule has 0 aliphatic heterocycles. The summed E-state index contributed by atoms with van der Waals surface area (Å²) in [7, 11) is 0. The number of aromatic nitrogens is 2. The van der Waals surface area contributed by atoms with Gasteiger partial charge in [-0.2, -0.15) is 0 Å². The number of aliphatic hydroxyl groups is 1. The summed E-state index contributed by atoms with van der Waals surface area (Å²) in [5, 5.41) is 17.0. The van der Waals surface area contributed by atoms with Crippen LogP contribution < -0.4 is 5.73 Å². The van der Waals surface area contributed by atoms with Gasteiger partial charge in [-0.05, 0) is 19.0 Å². The number of hydrogen-bond acceptors (Lipinski definition) is 4. The van der Waals surface area contributed by atoms with Crippen molar-refractivity contribution in [1.29, 1.82) is 0 Å². The summed E-state index contributed by atoms with van der Waals surface area (Å²) in [6.45, 7) is 0.372. The van der Waals surface area contributed by atoms with Crippen LogP contribution in [0.5, 0.6) is 0 Å². The summed E-state index contributed by atoms with van der Waals surface area (Å²) < 4.78 is 0. The highest BCUT2D eigenvalue weighted by Gasteiger charge is 2.12. The molecule has 1 heterocycles.